The van der Waals surface area contributed by atoms with Gasteiger partial charge in [0.15, 0.2) is 0 Å². The number of methoxy groups -OCH3 is 2. The number of hydrogen-bond donors (Lipinski definition) is 1. The molecule has 2 aromatic heterocycles. The lowest BCUT2D eigenvalue weighted by Gasteiger charge is -2.15. The number of pyridine rings is 1. The molecule has 150 valence electrons. The van der Waals surface area contributed by atoms with Crippen molar-refractivity contribution in [2.75, 3.05) is 41.0 Å². The van der Waals surface area contributed by atoms with Gasteiger partial charge in [0.05, 0.1) is 30.5 Å². The molecule has 5 heteroatoms. The van der Waals surface area contributed by atoms with Gasteiger partial charge < -0.3 is 19.4 Å². The molecule has 29 heavy (non-hydrogen) atoms. The fourth-order valence-electron chi connectivity index (χ4n) is 3.61. The van der Waals surface area contributed by atoms with Crippen molar-refractivity contribution >= 4 is 21.8 Å². The van der Waals surface area contributed by atoms with Gasteiger partial charge in [-0.1, -0.05) is 24.3 Å². The molecule has 5 nitrogen and oxygen atoms in total. The molecule has 0 atom stereocenters. The first kappa shape index (κ1) is 19.4. The number of para-hydroxylation sites is 1. The Labute approximate surface area is 171 Å². The molecule has 0 fully saturated rings. The lowest BCUT2D eigenvalue weighted by molar-refractivity contribution is 0.162. The summed E-state index contributed by atoms with van der Waals surface area (Å²) in [5.41, 5.74) is 5.37. The Kier molecular flexibility index (Phi) is 5.79. The monoisotopic (exact) mass is 389 g/mol. The van der Waals surface area contributed by atoms with Gasteiger partial charge in [0.1, 0.15) is 0 Å². The van der Waals surface area contributed by atoms with Gasteiger partial charge >= 0.3 is 0 Å². The Morgan fingerprint density at radius 3 is 2.66 bits per heavy atom. The Bertz CT molecular complexity index is 1120. The average Bonchev–Trinajstić information content (AvgIpc) is 3.18. The number of aromatic amines is 1. The van der Waals surface area contributed by atoms with E-state index >= 15 is 0 Å². The molecule has 0 bridgehead atoms. The standard InChI is InChI=1S/C24H27N3O2/c1-27(12-13-28-2)11-10-17-8-9-22-19(14-17)16-23(25-22)20-15-18-6-4-5-7-21(18)26-24(20)29-3/h4-9,14-16,25H,10-13H2,1-3H3. The second-order valence-electron chi connectivity index (χ2n) is 7.39. The molecule has 0 saturated carbocycles. The van der Waals surface area contributed by atoms with Gasteiger partial charge in [0.25, 0.3) is 0 Å². The highest BCUT2D eigenvalue weighted by molar-refractivity contribution is 5.91. The van der Waals surface area contributed by atoms with E-state index in [-0.39, 0.29) is 0 Å². The van der Waals surface area contributed by atoms with Crippen molar-refractivity contribution in [2.24, 2.45) is 0 Å². The normalized spacial score (nSPS) is 11.6. The highest BCUT2D eigenvalue weighted by Crippen LogP contribution is 2.33. The van der Waals surface area contributed by atoms with Crippen molar-refractivity contribution < 1.29 is 9.47 Å². The third-order valence-corrected chi connectivity index (χ3v) is 5.32. The number of nitrogens with zero attached hydrogens (tertiary/aromatic N) is 2. The Hall–Kier alpha value is -2.89. The maximum Gasteiger partial charge on any atom is 0.223 e. The van der Waals surface area contributed by atoms with Crippen LogP contribution in [0, 0.1) is 0 Å². The minimum Gasteiger partial charge on any atom is -0.480 e. The number of hydrogen-bond acceptors (Lipinski definition) is 4. The first-order valence-corrected chi connectivity index (χ1v) is 9.91. The summed E-state index contributed by atoms with van der Waals surface area (Å²) >= 11 is 0. The van der Waals surface area contributed by atoms with Crippen LogP contribution >= 0.6 is 0 Å². The SMILES string of the molecule is COCCN(C)CCc1ccc2[nH]c(-c3cc4ccccc4nc3OC)cc2c1. The molecule has 0 unspecified atom stereocenters. The molecular formula is C24H27N3O2. The smallest absolute Gasteiger partial charge is 0.223 e. The number of ether oxygens (including phenoxy) is 2. The second kappa shape index (κ2) is 8.64. The minimum atomic E-state index is 0.634. The molecule has 4 aromatic rings. The van der Waals surface area contributed by atoms with E-state index in [1.165, 1.54) is 10.9 Å². The van der Waals surface area contributed by atoms with Gasteiger partial charge in [0.2, 0.25) is 5.88 Å². The number of rotatable bonds is 8. The van der Waals surface area contributed by atoms with Gasteiger partial charge in [-0.05, 0) is 49.4 Å². The van der Waals surface area contributed by atoms with E-state index in [1.54, 1.807) is 14.2 Å². The van der Waals surface area contributed by atoms with Crippen LogP contribution in [0.4, 0.5) is 0 Å². The Morgan fingerprint density at radius 1 is 0.966 bits per heavy atom. The van der Waals surface area contributed by atoms with Gasteiger partial charge in [-0.2, -0.15) is 0 Å². The summed E-state index contributed by atoms with van der Waals surface area (Å²) in [5.74, 6) is 0.634. The third-order valence-electron chi connectivity index (χ3n) is 5.32. The van der Waals surface area contributed by atoms with Gasteiger partial charge in [0, 0.05) is 36.5 Å². The molecule has 0 radical (unpaired) electrons. The number of aromatic nitrogens is 2. The molecular weight excluding hydrogens is 362 g/mol. The summed E-state index contributed by atoms with van der Waals surface area (Å²) in [6.45, 7) is 2.72. The van der Waals surface area contributed by atoms with E-state index < -0.39 is 0 Å². The Balaban J connectivity index is 1.62. The summed E-state index contributed by atoms with van der Waals surface area (Å²) in [4.78, 5) is 10.5. The fourth-order valence-corrected chi connectivity index (χ4v) is 3.61. The molecule has 1 N–H and O–H groups in total. The molecule has 2 aromatic carbocycles. The first-order valence-electron chi connectivity index (χ1n) is 9.91. The molecule has 2 heterocycles. The number of H-pyrrole nitrogens is 1. The van der Waals surface area contributed by atoms with Gasteiger partial charge in [-0.15, -0.1) is 0 Å². The predicted octanol–water partition coefficient (Wildman–Crippen LogP) is 4.51. The zero-order valence-corrected chi connectivity index (χ0v) is 17.2. The van der Waals surface area contributed by atoms with Crippen molar-refractivity contribution in [1.29, 1.82) is 0 Å². The van der Waals surface area contributed by atoms with Crippen LogP contribution in [-0.4, -0.2) is 55.8 Å². The lowest BCUT2D eigenvalue weighted by atomic mass is 10.1. The van der Waals surface area contributed by atoms with Crippen molar-refractivity contribution in [1.82, 2.24) is 14.9 Å². The topological polar surface area (TPSA) is 50.4 Å². The zero-order chi connectivity index (χ0) is 20.2. The van der Waals surface area contributed by atoms with Crippen LogP contribution in [-0.2, 0) is 11.2 Å². The number of fused-ring (bicyclic) bond motifs is 2. The Morgan fingerprint density at radius 2 is 1.83 bits per heavy atom. The van der Waals surface area contributed by atoms with Crippen LogP contribution < -0.4 is 4.74 Å². The second-order valence-corrected chi connectivity index (χ2v) is 7.39. The van der Waals surface area contributed by atoms with Gasteiger partial charge in [-0.25, -0.2) is 4.98 Å². The van der Waals surface area contributed by atoms with E-state index in [4.69, 9.17) is 9.47 Å². The molecule has 0 saturated heterocycles. The van der Waals surface area contributed by atoms with Crippen LogP contribution in [0.2, 0.25) is 0 Å². The van der Waals surface area contributed by atoms with Crippen LogP contribution in [0.5, 0.6) is 5.88 Å². The zero-order valence-electron chi connectivity index (χ0n) is 17.2. The van der Waals surface area contributed by atoms with Crippen LogP contribution in [0.3, 0.4) is 0 Å². The van der Waals surface area contributed by atoms with E-state index in [0.29, 0.717) is 5.88 Å². The minimum absolute atomic E-state index is 0.634. The van der Waals surface area contributed by atoms with Crippen LogP contribution in [0.15, 0.2) is 54.6 Å². The molecule has 0 aliphatic carbocycles. The first-order chi connectivity index (χ1) is 14.2. The van der Waals surface area contributed by atoms with Gasteiger partial charge in [-0.3, -0.25) is 0 Å². The van der Waals surface area contributed by atoms with Crippen molar-refractivity contribution in [2.45, 2.75) is 6.42 Å². The quantitative estimate of drug-likeness (QED) is 0.482. The van der Waals surface area contributed by atoms with Crippen LogP contribution in [0.25, 0.3) is 33.1 Å². The van der Waals surface area contributed by atoms with E-state index in [2.05, 4.69) is 58.3 Å². The molecule has 0 aliphatic rings. The molecule has 4 rings (SSSR count). The lowest BCUT2D eigenvalue weighted by Crippen LogP contribution is -2.25. The maximum atomic E-state index is 5.58. The summed E-state index contributed by atoms with van der Waals surface area (Å²) in [6.07, 6.45) is 1.01. The average molecular weight is 389 g/mol. The maximum absolute atomic E-state index is 5.58. The highest BCUT2D eigenvalue weighted by atomic mass is 16.5. The van der Waals surface area contributed by atoms with Crippen molar-refractivity contribution in [3.8, 4) is 17.1 Å². The van der Waals surface area contributed by atoms with E-state index in [1.807, 2.05) is 18.2 Å². The number of benzene rings is 2. The highest BCUT2D eigenvalue weighted by Gasteiger charge is 2.12. The fraction of sp³-hybridized carbons (Fsp3) is 0.292. The number of nitrogens with one attached hydrogen (secondary N) is 1. The molecule has 0 spiro atoms. The molecule has 0 amide bonds. The summed E-state index contributed by atoms with van der Waals surface area (Å²) < 4.78 is 10.7. The molecule has 0 aliphatic heterocycles. The van der Waals surface area contributed by atoms with Crippen molar-refractivity contribution in [3.05, 3.63) is 60.2 Å². The van der Waals surface area contributed by atoms with Crippen molar-refractivity contribution in [3.63, 3.8) is 0 Å². The summed E-state index contributed by atoms with van der Waals surface area (Å²) in [7, 11) is 5.54. The van der Waals surface area contributed by atoms with E-state index in [0.717, 1.165) is 53.8 Å². The van der Waals surface area contributed by atoms with Crippen LogP contribution in [0.1, 0.15) is 5.56 Å². The predicted molar refractivity (Wildman–Crippen MR) is 119 cm³/mol. The summed E-state index contributed by atoms with van der Waals surface area (Å²) in [5, 5.41) is 2.30. The third kappa shape index (κ3) is 4.26. The summed E-state index contributed by atoms with van der Waals surface area (Å²) in [6, 6.07) is 19.0. The number of likely N-dealkylation sites (N-methyl/N-ethyl adjacent to an activating group) is 1. The largest absolute Gasteiger partial charge is 0.480 e. The van der Waals surface area contributed by atoms with E-state index in [9.17, 15) is 0 Å².